The number of nitrogens with zero attached hydrogens (tertiary/aromatic N) is 2. The van der Waals surface area contributed by atoms with Crippen LogP contribution in [0, 0.1) is 0 Å². The zero-order valence-electron chi connectivity index (χ0n) is 14.0. The third-order valence-corrected chi connectivity index (χ3v) is 4.30. The number of imide groups is 1. The zero-order valence-corrected chi connectivity index (χ0v) is 15.5. The Bertz CT molecular complexity index is 741. The maximum atomic E-state index is 11.8. The highest BCUT2D eigenvalue weighted by molar-refractivity contribution is 6.42. The minimum absolute atomic E-state index is 0.0131. The molecule has 1 aromatic carbocycles. The lowest BCUT2D eigenvalue weighted by molar-refractivity contribution is -0.147. The molecule has 1 aromatic rings. The maximum Gasteiger partial charge on any atom is 0.326 e. The average molecular weight is 402 g/mol. The second kappa shape index (κ2) is 8.86. The van der Waals surface area contributed by atoms with Gasteiger partial charge >= 0.3 is 12.0 Å². The van der Waals surface area contributed by atoms with Crippen LogP contribution in [-0.4, -0.2) is 60.4 Å². The van der Waals surface area contributed by atoms with Crippen LogP contribution in [0.25, 0.3) is 0 Å². The number of hydrogen-bond acceptors (Lipinski definition) is 5. The molecule has 0 aromatic heterocycles. The molecule has 10 heteroatoms. The summed E-state index contributed by atoms with van der Waals surface area (Å²) < 4.78 is 4.86. The van der Waals surface area contributed by atoms with Crippen molar-refractivity contribution in [3.8, 4) is 0 Å². The van der Waals surface area contributed by atoms with E-state index in [1.54, 1.807) is 6.07 Å². The van der Waals surface area contributed by atoms with E-state index in [0.717, 1.165) is 4.90 Å². The summed E-state index contributed by atoms with van der Waals surface area (Å²) in [6, 6.07) is 4.19. The first kappa shape index (κ1) is 20.0. The highest BCUT2D eigenvalue weighted by atomic mass is 35.5. The fourth-order valence-corrected chi connectivity index (χ4v) is 2.56. The molecule has 1 heterocycles. The Morgan fingerprint density at radius 1 is 1.23 bits per heavy atom. The van der Waals surface area contributed by atoms with E-state index in [1.165, 1.54) is 24.1 Å². The van der Waals surface area contributed by atoms with Crippen LogP contribution in [0.15, 0.2) is 18.2 Å². The van der Waals surface area contributed by atoms with E-state index < -0.39 is 18.5 Å². The highest BCUT2D eigenvalue weighted by Gasteiger charge is 2.32. The first-order valence-electron chi connectivity index (χ1n) is 7.74. The van der Waals surface area contributed by atoms with Crippen molar-refractivity contribution in [1.29, 1.82) is 0 Å². The molecule has 0 unspecified atom stereocenters. The number of anilines is 1. The van der Waals surface area contributed by atoms with Gasteiger partial charge in [0.25, 0.3) is 5.91 Å². The predicted molar refractivity (Wildman–Crippen MR) is 95.0 cm³/mol. The Hall–Kier alpha value is -2.32. The van der Waals surface area contributed by atoms with Gasteiger partial charge in [-0.05, 0) is 24.6 Å². The molecule has 1 saturated heterocycles. The van der Waals surface area contributed by atoms with Crippen molar-refractivity contribution in [3.63, 3.8) is 0 Å². The molecule has 8 nitrogen and oxygen atoms in total. The van der Waals surface area contributed by atoms with Gasteiger partial charge in [-0.25, -0.2) is 4.79 Å². The van der Waals surface area contributed by atoms with Crippen LogP contribution in [0.1, 0.15) is 12.8 Å². The second-order valence-corrected chi connectivity index (χ2v) is 6.44. The van der Waals surface area contributed by atoms with Crippen molar-refractivity contribution in [2.75, 3.05) is 32.1 Å². The van der Waals surface area contributed by atoms with Crippen LogP contribution < -0.4 is 5.32 Å². The monoisotopic (exact) mass is 401 g/mol. The summed E-state index contributed by atoms with van der Waals surface area (Å²) in [5, 5.41) is 3.17. The molecule has 1 aliphatic rings. The smallest absolute Gasteiger partial charge is 0.326 e. The van der Waals surface area contributed by atoms with Gasteiger partial charge in [0.1, 0.15) is 6.54 Å². The van der Waals surface area contributed by atoms with Crippen molar-refractivity contribution >= 4 is 52.7 Å². The van der Waals surface area contributed by atoms with Gasteiger partial charge in [0, 0.05) is 25.7 Å². The maximum absolute atomic E-state index is 11.8. The number of carbonyl (C=O) groups excluding carboxylic acids is 4. The molecular formula is C16H17Cl2N3O5. The Balaban J connectivity index is 1.68. The number of urea groups is 1. The number of ether oxygens (including phenoxy) is 1. The number of rotatable bonds is 7. The lowest BCUT2D eigenvalue weighted by atomic mass is 10.3. The Kier molecular flexibility index (Phi) is 6.82. The van der Waals surface area contributed by atoms with Crippen LogP contribution in [0.4, 0.5) is 10.5 Å². The summed E-state index contributed by atoms with van der Waals surface area (Å²) in [5.74, 6) is -1.42. The predicted octanol–water partition coefficient (Wildman–Crippen LogP) is 2.15. The second-order valence-electron chi connectivity index (χ2n) is 5.63. The molecule has 1 fully saturated rings. The van der Waals surface area contributed by atoms with E-state index in [0.29, 0.717) is 10.7 Å². The highest BCUT2D eigenvalue weighted by Crippen LogP contribution is 2.24. The molecular weight excluding hydrogens is 385 g/mol. The van der Waals surface area contributed by atoms with E-state index in [2.05, 4.69) is 5.32 Å². The zero-order chi connectivity index (χ0) is 19.3. The van der Waals surface area contributed by atoms with Crippen molar-refractivity contribution in [3.05, 3.63) is 28.2 Å². The molecule has 0 saturated carbocycles. The SMILES string of the molecule is CN1CC(=O)N(CCCC(=O)OCC(=O)Nc2ccc(Cl)c(Cl)c2)C1=O. The molecule has 4 amide bonds. The van der Waals surface area contributed by atoms with Gasteiger partial charge in [0.05, 0.1) is 10.0 Å². The normalized spacial score (nSPS) is 14.0. The number of esters is 1. The first-order chi connectivity index (χ1) is 12.3. The van der Waals surface area contributed by atoms with Crippen LogP contribution in [-0.2, 0) is 19.1 Å². The quantitative estimate of drug-likeness (QED) is 0.557. The van der Waals surface area contributed by atoms with E-state index in [9.17, 15) is 19.2 Å². The summed E-state index contributed by atoms with van der Waals surface area (Å²) in [4.78, 5) is 49.0. The van der Waals surface area contributed by atoms with Crippen molar-refractivity contribution < 1.29 is 23.9 Å². The Morgan fingerprint density at radius 2 is 1.96 bits per heavy atom. The summed E-state index contributed by atoms with van der Waals surface area (Å²) in [6.07, 6.45) is 0.249. The Labute approximate surface area is 160 Å². The fraction of sp³-hybridized carbons (Fsp3) is 0.375. The summed E-state index contributed by atoms with van der Waals surface area (Å²) in [6.45, 7) is -0.284. The summed E-state index contributed by atoms with van der Waals surface area (Å²) in [5.41, 5.74) is 0.427. The third-order valence-electron chi connectivity index (χ3n) is 3.56. The van der Waals surface area contributed by atoms with Gasteiger partial charge in [-0.3, -0.25) is 19.3 Å². The van der Waals surface area contributed by atoms with Crippen LogP contribution >= 0.6 is 23.2 Å². The number of benzene rings is 1. The van der Waals surface area contributed by atoms with Crippen LogP contribution in [0.3, 0.4) is 0 Å². The lowest BCUT2D eigenvalue weighted by Gasteiger charge is -2.13. The number of likely N-dealkylation sites (N-methyl/N-ethyl adjacent to an activating group) is 1. The van der Waals surface area contributed by atoms with E-state index >= 15 is 0 Å². The van der Waals surface area contributed by atoms with Crippen molar-refractivity contribution in [2.24, 2.45) is 0 Å². The molecule has 0 aliphatic carbocycles. The Morgan fingerprint density at radius 3 is 2.58 bits per heavy atom. The molecule has 0 spiro atoms. The first-order valence-corrected chi connectivity index (χ1v) is 8.49. The minimum Gasteiger partial charge on any atom is -0.456 e. The van der Waals surface area contributed by atoms with Gasteiger partial charge in [0.2, 0.25) is 5.91 Å². The van der Waals surface area contributed by atoms with Crippen LogP contribution in [0.5, 0.6) is 0 Å². The summed E-state index contributed by atoms with van der Waals surface area (Å²) in [7, 11) is 1.53. The average Bonchev–Trinajstić information content (AvgIpc) is 2.82. The summed E-state index contributed by atoms with van der Waals surface area (Å²) >= 11 is 11.6. The molecule has 26 heavy (non-hydrogen) atoms. The van der Waals surface area contributed by atoms with E-state index in [1.807, 2.05) is 0 Å². The number of nitrogens with one attached hydrogen (secondary N) is 1. The molecule has 1 N–H and O–H groups in total. The molecule has 1 aliphatic heterocycles. The molecule has 0 radical (unpaired) electrons. The molecule has 140 valence electrons. The lowest BCUT2D eigenvalue weighted by Crippen LogP contribution is -2.32. The van der Waals surface area contributed by atoms with Crippen molar-refractivity contribution in [2.45, 2.75) is 12.8 Å². The van der Waals surface area contributed by atoms with Gasteiger partial charge in [-0.2, -0.15) is 0 Å². The van der Waals surface area contributed by atoms with Gasteiger partial charge in [0.15, 0.2) is 6.61 Å². The number of hydrogen-bond donors (Lipinski definition) is 1. The molecule has 0 atom stereocenters. The molecule has 0 bridgehead atoms. The largest absolute Gasteiger partial charge is 0.456 e. The van der Waals surface area contributed by atoms with Gasteiger partial charge in [-0.1, -0.05) is 23.2 Å². The molecule has 2 rings (SSSR count). The van der Waals surface area contributed by atoms with E-state index in [-0.39, 0.29) is 42.9 Å². The number of amides is 4. The van der Waals surface area contributed by atoms with Gasteiger partial charge < -0.3 is 15.0 Å². The number of carbonyl (C=O) groups is 4. The standard InChI is InChI=1S/C16H17Cl2N3O5/c1-20-8-14(23)21(16(20)25)6-2-3-15(24)26-9-13(22)19-10-4-5-11(17)12(18)7-10/h4-5,7H,2-3,6,8-9H2,1H3,(H,19,22). The van der Waals surface area contributed by atoms with Crippen LogP contribution in [0.2, 0.25) is 10.0 Å². The number of halogens is 2. The fourth-order valence-electron chi connectivity index (χ4n) is 2.26. The topological polar surface area (TPSA) is 96.0 Å². The minimum atomic E-state index is -0.596. The third kappa shape index (κ3) is 5.34. The van der Waals surface area contributed by atoms with E-state index in [4.69, 9.17) is 27.9 Å². The van der Waals surface area contributed by atoms with Crippen molar-refractivity contribution in [1.82, 2.24) is 9.80 Å². The van der Waals surface area contributed by atoms with Gasteiger partial charge in [-0.15, -0.1) is 0 Å².